The third-order valence-electron chi connectivity index (χ3n) is 7.10. The zero-order valence-corrected chi connectivity index (χ0v) is 29.0. The number of hydrogen-bond acceptors (Lipinski definition) is 8. The molecule has 1 fully saturated rings. The number of halogens is 3. The zero-order valence-electron chi connectivity index (χ0n) is 26.7. The largest absolute Gasteiger partial charge is 0.478 e. The Hall–Kier alpha value is -4.27. The van der Waals surface area contributed by atoms with Crippen LogP contribution in [0.2, 0.25) is 15.1 Å². The van der Waals surface area contributed by atoms with Gasteiger partial charge in [0.25, 0.3) is 0 Å². The smallest absolute Gasteiger partial charge is 0.328 e. The highest BCUT2D eigenvalue weighted by Gasteiger charge is 2.38. The monoisotopic (exact) mass is 750 g/mol. The van der Waals surface area contributed by atoms with Crippen LogP contribution in [0.1, 0.15) is 16.7 Å². The van der Waals surface area contributed by atoms with Gasteiger partial charge in [-0.05, 0) is 53.1 Å². The molecule has 0 spiro atoms. The molecule has 0 aliphatic carbocycles. The number of aliphatic hydroxyl groups is 1. The van der Waals surface area contributed by atoms with Crippen molar-refractivity contribution in [2.75, 3.05) is 52.5 Å². The molecule has 12 nitrogen and oxygen atoms in total. The van der Waals surface area contributed by atoms with Crippen molar-refractivity contribution in [2.45, 2.75) is 5.60 Å². The van der Waals surface area contributed by atoms with E-state index in [1.54, 1.807) is 0 Å². The number of aliphatic carboxylic acids is 4. The summed E-state index contributed by atoms with van der Waals surface area (Å²) in [6.07, 6.45) is 2.23. The number of nitrogens with zero attached hydrogens (tertiary/aromatic N) is 2. The average molecular weight is 752 g/mol. The molecule has 1 aliphatic heterocycles. The molecule has 1 heterocycles. The van der Waals surface area contributed by atoms with E-state index in [0.717, 1.165) is 56.0 Å². The van der Waals surface area contributed by atoms with Gasteiger partial charge >= 0.3 is 23.9 Å². The molecule has 3 aromatic rings. The van der Waals surface area contributed by atoms with Gasteiger partial charge in [0.1, 0.15) is 5.60 Å². The van der Waals surface area contributed by atoms with Gasteiger partial charge in [-0.25, -0.2) is 19.2 Å². The second kappa shape index (κ2) is 21.7. The molecule has 0 aromatic heterocycles. The Bertz CT molecular complexity index is 1410. The molecule has 4 rings (SSSR count). The van der Waals surface area contributed by atoms with Gasteiger partial charge in [-0.15, -0.1) is 0 Å². The van der Waals surface area contributed by atoms with Gasteiger partial charge in [-0.1, -0.05) is 71.2 Å². The minimum atomic E-state index is -1.26. The maximum absolute atomic E-state index is 9.55. The van der Waals surface area contributed by atoms with E-state index >= 15 is 0 Å². The van der Waals surface area contributed by atoms with Crippen molar-refractivity contribution < 1.29 is 49.4 Å². The maximum Gasteiger partial charge on any atom is 0.328 e. The summed E-state index contributed by atoms with van der Waals surface area (Å²) in [6, 6.07) is 23.4. The molecular formula is C35H37Cl3N2O10. The van der Waals surface area contributed by atoms with E-state index in [2.05, 4.69) is 9.80 Å². The molecule has 3 aromatic carbocycles. The molecule has 0 saturated carbocycles. The van der Waals surface area contributed by atoms with Crippen LogP contribution in [0, 0.1) is 0 Å². The van der Waals surface area contributed by atoms with Gasteiger partial charge in [0.15, 0.2) is 0 Å². The highest BCUT2D eigenvalue weighted by molar-refractivity contribution is 6.31. The molecule has 50 heavy (non-hydrogen) atoms. The SMILES string of the molecule is O=C(O)/C=C\C(=O)O.O=C(O)/C=C\C(=O)O.OCCN1CCN(CCOC(c2ccc(Cl)cc2)(c2ccc(Cl)cc2)c2ccc(Cl)cc2)CC1. The first-order valence-electron chi connectivity index (χ1n) is 15.0. The summed E-state index contributed by atoms with van der Waals surface area (Å²) in [4.78, 5) is 42.9. The Morgan fingerprint density at radius 2 is 0.840 bits per heavy atom. The summed E-state index contributed by atoms with van der Waals surface area (Å²) >= 11 is 18.7. The Morgan fingerprint density at radius 3 is 1.10 bits per heavy atom. The van der Waals surface area contributed by atoms with Crippen molar-refractivity contribution in [3.05, 3.63) is 129 Å². The van der Waals surface area contributed by atoms with Crippen LogP contribution in [0.4, 0.5) is 0 Å². The van der Waals surface area contributed by atoms with Crippen molar-refractivity contribution >= 4 is 58.7 Å². The maximum atomic E-state index is 9.55. The van der Waals surface area contributed by atoms with E-state index in [1.807, 2.05) is 72.8 Å². The predicted octanol–water partition coefficient (Wildman–Crippen LogP) is 4.99. The molecule has 0 atom stereocenters. The lowest BCUT2D eigenvalue weighted by Gasteiger charge is -2.38. The molecule has 0 radical (unpaired) electrons. The molecular weight excluding hydrogens is 715 g/mol. The van der Waals surface area contributed by atoms with Gasteiger partial charge in [0, 0.05) is 78.6 Å². The van der Waals surface area contributed by atoms with Crippen LogP contribution in [0.25, 0.3) is 0 Å². The van der Waals surface area contributed by atoms with E-state index in [4.69, 9.17) is 60.0 Å². The topological polar surface area (TPSA) is 185 Å². The number of carboxylic acid groups (broad SMARTS) is 4. The van der Waals surface area contributed by atoms with Crippen LogP contribution in [-0.2, 0) is 29.5 Å². The van der Waals surface area contributed by atoms with Crippen LogP contribution < -0.4 is 0 Å². The number of carbonyl (C=O) groups is 4. The third kappa shape index (κ3) is 14.7. The van der Waals surface area contributed by atoms with Crippen LogP contribution in [0.15, 0.2) is 97.1 Å². The van der Waals surface area contributed by atoms with Gasteiger partial charge in [-0.2, -0.15) is 0 Å². The standard InChI is InChI=1S/C27H29Cl3N2O2.2C4H4O4/c28-24-7-1-21(2-8-24)27(22-3-9-25(29)10-4-22,23-5-11-26(30)12-6-23)34-20-18-32-15-13-31(14-16-32)17-19-33;2*5-3(6)1-2-4(7)8/h1-12,33H,13-20H2;2*1-2H,(H,5,6)(H,7,8)/b;2*2-1-. The minimum absolute atomic E-state index is 0.203. The summed E-state index contributed by atoms with van der Waals surface area (Å²) in [6.45, 7) is 6.11. The van der Waals surface area contributed by atoms with Gasteiger partial charge in [0.05, 0.1) is 13.2 Å². The average Bonchev–Trinajstić information content (AvgIpc) is 3.08. The van der Waals surface area contributed by atoms with Crippen molar-refractivity contribution in [3.8, 4) is 0 Å². The molecule has 0 bridgehead atoms. The van der Waals surface area contributed by atoms with E-state index in [0.29, 0.717) is 46.0 Å². The summed E-state index contributed by atoms with van der Waals surface area (Å²) < 4.78 is 6.86. The first-order valence-corrected chi connectivity index (χ1v) is 16.2. The highest BCUT2D eigenvalue weighted by Crippen LogP contribution is 2.41. The fourth-order valence-electron chi connectivity index (χ4n) is 4.79. The summed E-state index contributed by atoms with van der Waals surface area (Å²) in [5.74, 6) is -5.03. The van der Waals surface area contributed by atoms with E-state index in [9.17, 15) is 24.3 Å². The molecule has 0 amide bonds. The van der Waals surface area contributed by atoms with Crippen LogP contribution in [0.3, 0.4) is 0 Å². The highest BCUT2D eigenvalue weighted by atomic mass is 35.5. The number of ether oxygens (including phenoxy) is 1. The first kappa shape index (κ1) is 41.9. The number of piperazine rings is 1. The Kier molecular flexibility index (Phi) is 18.2. The van der Waals surface area contributed by atoms with Crippen molar-refractivity contribution in [1.82, 2.24) is 9.80 Å². The lowest BCUT2D eigenvalue weighted by Crippen LogP contribution is -2.48. The molecule has 1 aliphatic rings. The van der Waals surface area contributed by atoms with Crippen LogP contribution >= 0.6 is 34.8 Å². The minimum Gasteiger partial charge on any atom is -0.478 e. The Morgan fingerprint density at radius 1 is 0.560 bits per heavy atom. The molecule has 15 heteroatoms. The Labute approximate surface area is 304 Å². The summed E-state index contributed by atoms with van der Waals surface area (Å²) in [5, 5.41) is 42.5. The predicted molar refractivity (Wildman–Crippen MR) is 189 cm³/mol. The zero-order chi connectivity index (χ0) is 37.1. The Balaban J connectivity index is 0.000000450. The molecule has 5 N–H and O–H groups in total. The number of β-amino-alcohol motifs (C(OH)–C–C–N with tert-alkyl or cyclic N) is 1. The van der Waals surface area contributed by atoms with E-state index < -0.39 is 29.5 Å². The molecule has 0 unspecified atom stereocenters. The number of rotatable bonds is 13. The van der Waals surface area contributed by atoms with Crippen LogP contribution in [0.5, 0.6) is 0 Å². The van der Waals surface area contributed by atoms with Gasteiger partial charge < -0.3 is 30.3 Å². The quantitative estimate of drug-likeness (QED) is 0.117. The fourth-order valence-corrected chi connectivity index (χ4v) is 5.17. The van der Waals surface area contributed by atoms with Crippen molar-refractivity contribution in [2.24, 2.45) is 0 Å². The molecule has 268 valence electrons. The lowest BCUT2D eigenvalue weighted by atomic mass is 9.80. The van der Waals surface area contributed by atoms with E-state index in [-0.39, 0.29) is 6.61 Å². The van der Waals surface area contributed by atoms with Crippen molar-refractivity contribution in [1.29, 1.82) is 0 Å². The second-order valence-electron chi connectivity index (χ2n) is 10.5. The second-order valence-corrected chi connectivity index (χ2v) is 11.8. The van der Waals surface area contributed by atoms with Gasteiger partial charge in [0.2, 0.25) is 0 Å². The summed E-state index contributed by atoms with van der Waals surface area (Å²) in [7, 11) is 0. The van der Waals surface area contributed by atoms with Crippen molar-refractivity contribution in [3.63, 3.8) is 0 Å². The fraction of sp³-hybridized carbons (Fsp3) is 0.257. The lowest BCUT2D eigenvalue weighted by molar-refractivity contribution is -0.134. The third-order valence-corrected chi connectivity index (χ3v) is 7.85. The summed E-state index contributed by atoms with van der Waals surface area (Å²) in [5.41, 5.74) is 2.09. The number of hydrogen-bond donors (Lipinski definition) is 5. The van der Waals surface area contributed by atoms with E-state index in [1.165, 1.54) is 0 Å². The molecule has 1 saturated heterocycles. The van der Waals surface area contributed by atoms with Gasteiger partial charge in [-0.3, -0.25) is 9.80 Å². The number of benzene rings is 3. The first-order chi connectivity index (χ1) is 23.8. The number of aliphatic hydroxyl groups excluding tert-OH is 1. The normalized spacial score (nSPS) is 13.6. The number of carboxylic acids is 4. The van der Waals surface area contributed by atoms with Crippen LogP contribution in [-0.4, -0.2) is 112 Å².